The summed E-state index contributed by atoms with van der Waals surface area (Å²) in [5.74, 6) is 0. The Labute approximate surface area is 72.0 Å². The van der Waals surface area contributed by atoms with E-state index in [-0.39, 0.29) is 0 Å². The van der Waals surface area contributed by atoms with Gasteiger partial charge in [-0.1, -0.05) is 25.1 Å². The predicted molar refractivity (Wildman–Crippen MR) is 50.8 cm³/mol. The maximum Gasteiger partial charge on any atom is 0.0189 e. The highest BCUT2D eigenvalue weighted by Crippen LogP contribution is 2.21. The Morgan fingerprint density at radius 2 is 2.00 bits per heavy atom. The molecule has 0 saturated carbocycles. The van der Waals surface area contributed by atoms with Gasteiger partial charge in [0.2, 0.25) is 0 Å². The van der Waals surface area contributed by atoms with Crippen LogP contribution in [0.25, 0.3) is 0 Å². The molecular weight excluding hydrogens is 154 g/mol. The minimum absolute atomic E-state index is 0.511. The van der Waals surface area contributed by atoms with Crippen LogP contribution >= 0.6 is 11.8 Å². The number of rotatable bonds is 3. The molecule has 0 aliphatic carbocycles. The van der Waals surface area contributed by atoms with Crippen molar-refractivity contribution in [3.8, 4) is 0 Å². The second kappa shape index (κ2) is 4.42. The minimum Gasteiger partial charge on any atom is -0.329 e. The molecule has 0 saturated heterocycles. The molecule has 1 aromatic rings. The molecule has 1 rings (SSSR count). The Hall–Kier alpha value is -0.470. The summed E-state index contributed by atoms with van der Waals surface area (Å²) in [6.07, 6.45) is 0. The first-order valence-corrected chi connectivity index (χ1v) is 4.62. The van der Waals surface area contributed by atoms with Crippen molar-refractivity contribution >= 4 is 11.8 Å². The second-order valence-electron chi connectivity index (χ2n) is 2.48. The molecule has 0 spiro atoms. The van der Waals surface area contributed by atoms with E-state index >= 15 is 0 Å². The van der Waals surface area contributed by atoms with Crippen LogP contribution in [0.2, 0.25) is 0 Å². The summed E-state index contributed by atoms with van der Waals surface area (Å²) in [5.41, 5.74) is 5.50. The van der Waals surface area contributed by atoms with Gasteiger partial charge in [0, 0.05) is 16.7 Å². The molecule has 0 aliphatic heterocycles. The molecule has 0 aromatic heterocycles. The fraction of sp³-hybridized carbons (Fsp3) is 0.333. The highest BCUT2D eigenvalue weighted by molar-refractivity contribution is 8.00. The molecule has 0 bridgehead atoms. The molecule has 60 valence electrons. The van der Waals surface area contributed by atoms with Crippen LogP contribution < -0.4 is 5.73 Å². The molecule has 0 amide bonds. The van der Waals surface area contributed by atoms with Crippen molar-refractivity contribution < 1.29 is 0 Å². The molecule has 0 heterocycles. The Morgan fingerprint density at radius 3 is 2.55 bits per heavy atom. The summed E-state index contributed by atoms with van der Waals surface area (Å²) < 4.78 is 0. The van der Waals surface area contributed by atoms with Crippen molar-refractivity contribution in [1.29, 1.82) is 0 Å². The number of hydrogen-bond acceptors (Lipinski definition) is 2. The van der Waals surface area contributed by atoms with E-state index in [1.165, 1.54) is 4.90 Å². The van der Waals surface area contributed by atoms with Gasteiger partial charge in [0.15, 0.2) is 0 Å². The van der Waals surface area contributed by atoms with Gasteiger partial charge in [-0.05, 0) is 12.1 Å². The predicted octanol–water partition coefficient (Wildman–Crippen LogP) is 2.13. The maximum absolute atomic E-state index is 5.50. The normalized spacial score (nSPS) is 12.9. The van der Waals surface area contributed by atoms with E-state index in [0.29, 0.717) is 5.25 Å². The molecule has 0 unspecified atom stereocenters. The molecule has 0 radical (unpaired) electrons. The van der Waals surface area contributed by atoms with Gasteiger partial charge in [-0.15, -0.1) is 11.8 Å². The Balaban J connectivity index is 2.51. The molecule has 0 aliphatic rings. The van der Waals surface area contributed by atoms with Crippen LogP contribution in [0.5, 0.6) is 0 Å². The third-order valence-electron chi connectivity index (χ3n) is 1.41. The molecule has 1 aromatic carbocycles. The van der Waals surface area contributed by atoms with E-state index in [1.54, 1.807) is 0 Å². The van der Waals surface area contributed by atoms with E-state index in [2.05, 4.69) is 19.1 Å². The fourth-order valence-electron chi connectivity index (χ4n) is 0.779. The van der Waals surface area contributed by atoms with Crippen molar-refractivity contribution in [2.45, 2.75) is 17.1 Å². The summed E-state index contributed by atoms with van der Waals surface area (Å²) in [4.78, 5) is 1.30. The van der Waals surface area contributed by atoms with Gasteiger partial charge in [0.1, 0.15) is 0 Å². The Kier molecular flexibility index (Phi) is 3.46. The highest BCUT2D eigenvalue weighted by Gasteiger charge is 1.99. The maximum atomic E-state index is 5.50. The van der Waals surface area contributed by atoms with Crippen LogP contribution in [0.3, 0.4) is 0 Å². The lowest BCUT2D eigenvalue weighted by molar-refractivity contribution is 0.951. The van der Waals surface area contributed by atoms with Crippen LogP contribution in [0.15, 0.2) is 35.2 Å². The van der Waals surface area contributed by atoms with Crippen molar-refractivity contribution in [1.82, 2.24) is 0 Å². The fourth-order valence-corrected chi connectivity index (χ4v) is 1.65. The van der Waals surface area contributed by atoms with Gasteiger partial charge < -0.3 is 5.73 Å². The largest absolute Gasteiger partial charge is 0.329 e. The lowest BCUT2D eigenvalue weighted by Crippen LogP contribution is -2.11. The number of nitrogens with two attached hydrogens (primary N) is 1. The number of hydrogen-bond donors (Lipinski definition) is 1. The van der Waals surface area contributed by atoms with Crippen molar-refractivity contribution in [2.75, 3.05) is 6.54 Å². The molecule has 0 fully saturated rings. The van der Waals surface area contributed by atoms with Crippen molar-refractivity contribution in [3.05, 3.63) is 30.3 Å². The highest BCUT2D eigenvalue weighted by atomic mass is 32.2. The topological polar surface area (TPSA) is 26.0 Å². The molecular formula is C9H13NS. The number of thioether (sulfide) groups is 1. The molecule has 2 heteroatoms. The number of benzene rings is 1. The smallest absolute Gasteiger partial charge is 0.0189 e. The lowest BCUT2D eigenvalue weighted by atomic mass is 10.4. The van der Waals surface area contributed by atoms with Crippen LogP contribution in [-0.4, -0.2) is 11.8 Å². The van der Waals surface area contributed by atoms with Crippen molar-refractivity contribution in [3.63, 3.8) is 0 Å². The first-order valence-electron chi connectivity index (χ1n) is 3.74. The van der Waals surface area contributed by atoms with Gasteiger partial charge in [0.25, 0.3) is 0 Å². The summed E-state index contributed by atoms with van der Waals surface area (Å²) >= 11 is 1.82. The van der Waals surface area contributed by atoms with Crippen LogP contribution in [0, 0.1) is 0 Å². The van der Waals surface area contributed by atoms with Gasteiger partial charge in [0.05, 0.1) is 0 Å². The van der Waals surface area contributed by atoms with E-state index in [0.717, 1.165) is 6.54 Å². The van der Waals surface area contributed by atoms with Crippen LogP contribution in [0.4, 0.5) is 0 Å². The molecule has 1 atom stereocenters. The van der Waals surface area contributed by atoms with E-state index in [1.807, 2.05) is 30.0 Å². The zero-order valence-electron chi connectivity index (χ0n) is 6.66. The zero-order chi connectivity index (χ0) is 8.10. The van der Waals surface area contributed by atoms with Gasteiger partial charge in [-0.2, -0.15) is 0 Å². The van der Waals surface area contributed by atoms with Gasteiger partial charge in [-0.25, -0.2) is 0 Å². The quantitative estimate of drug-likeness (QED) is 0.698. The van der Waals surface area contributed by atoms with E-state index < -0.39 is 0 Å². The standard InChI is InChI=1S/C9H13NS/c1-8(7-10)11-9-5-3-2-4-6-9/h2-6,8H,7,10H2,1H3/t8-/m1/s1. The van der Waals surface area contributed by atoms with E-state index in [9.17, 15) is 0 Å². The lowest BCUT2D eigenvalue weighted by Gasteiger charge is -2.06. The third kappa shape index (κ3) is 2.95. The Morgan fingerprint density at radius 1 is 1.36 bits per heavy atom. The Bertz CT molecular complexity index is 198. The monoisotopic (exact) mass is 167 g/mol. The van der Waals surface area contributed by atoms with Gasteiger partial charge in [-0.3, -0.25) is 0 Å². The van der Waals surface area contributed by atoms with Gasteiger partial charge >= 0.3 is 0 Å². The minimum atomic E-state index is 0.511. The molecule has 11 heavy (non-hydrogen) atoms. The summed E-state index contributed by atoms with van der Waals surface area (Å²) in [5, 5.41) is 0.511. The van der Waals surface area contributed by atoms with Crippen LogP contribution in [-0.2, 0) is 0 Å². The summed E-state index contributed by atoms with van der Waals surface area (Å²) in [6, 6.07) is 10.3. The SMILES string of the molecule is C[C@H](CN)Sc1ccccc1. The van der Waals surface area contributed by atoms with Crippen LogP contribution in [0.1, 0.15) is 6.92 Å². The average molecular weight is 167 g/mol. The average Bonchev–Trinajstić information content (AvgIpc) is 2.06. The molecule has 2 N–H and O–H groups in total. The molecule has 1 nitrogen and oxygen atoms in total. The third-order valence-corrected chi connectivity index (χ3v) is 2.55. The zero-order valence-corrected chi connectivity index (χ0v) is 7.47. The second-order valence-corrected chi connectivity index (χ2v) is 3.99. The summed E-state index contributed by atoms with van der Waals surface area (Å²) in [6.45, 7) is 2.87. The van der Waals surface area contributed by atoms with E-state index in [4.69, 9.17) is 5.73 Å². The first kappa shape index (κ1) is 8.62. The van der Waals surface area contributed by atoms with Crippen molar-refractivity contribution in [2.24, 2.45) is 5.73 Å². The summed E-state index contributed by atoms with van der Waals surface area (Å²) in [7, 11) is 0. The first-order chi connectivity index (χ1) is 5.33.